The van der Waals surface area contributed by atoms with Crippen molar-refractivity contribution in [2.45, 2.75) is 13.3 Å². The van der Waals surface area contributed by atoms with Crippen LogP contribution in [0.4, 0.5) is 0 Å². The summed E-state index contributed by atoms with van der Waals surface area (Å²) in [5.41, 5.74) is 0.277. The number of fused-ring (bicyclic) bond motifs is 1. The lowest BCUT2D eigenvalue weighted by Crippen LogP contribution is -2.24. The second-order valence-electron chi connectivity index (χ2n) is 4.41. The normalized spacial score (nSPS) is 14.1. The van der Waals surface area contributed by atoms with Gasteiger partial charge in [0.15, 0.2) is 11.5 Å². The smallest absolute Gasteiger partial charge is 0.234 e. The minimum absolute atomic E-state index is 0.0456. The molecule has 0 heterocycles. The number of ether oxygens (including phenoxy) is 3. The lowest BCUT2D eigenvalue weighted by molar-refractivity contribution is -0.112. The molecular weight excluding hydrogens is 276 g/mol. The average molecular weight is 292 g/mol. The van der Waals surface area contributed by atoms with Gasteiger partial charge in [0, 0.05) is 11.1 Å². The third kappa shape index (κ3) is 2.03. The quantitative estimate of drug-likeness (QED) is 0.856. The zero-order chi connectivity index (χ0) is 15.7. The molecule has 1 aliphatic rings. The molecule has 2 rings (SSSR count). The molecule has 0 amide bonds. The third-order valence-electron chi connectivity index (χ3n) is 3.43. The zero-order valence-corrected chi connectivity index (χ0v) is 12.3. The minimum atomic E-state index is -0.711. The summed E-state index contributed by atoms with van der Waals surface area (Å²) in [4.78, 5) is 24.2. The van der Waals surface area contributed by atoms with Gasteiger partial charge in [-0.3, -0.25) is 9.59 Å². The van der Waals surface area contributed by atoms with Gasteiger partial charge in [-0.2, -0.15) is 0 Å². The van der Waals surface area contributed by atoms with Crippen molar-refractivity contribution < 1.29 is 28.9 Å². The summed E-state index contributed by atoms with van der Waals surface area (Å²) >= 11 is 0. The molecule has 1 aromatic carbocycles. The van der Waals surface area contributed by atoms with E-state index in [4.69, 9.17) is 14.2 Å². The van der Waals surface area contributed by atoms with Gasteiger partial charge in [0.2, 0.25) is 17.3 Å². The van der Waals surface area contributed by atoms with Crippen molar-refractivity contribution in [3.05, 3.63) is 22.8 Å². The summed E-state index contributed by atoms with van der Waals surface area (Å²) in [7, 11) is 4.22. The van der Waals surface area contributed by atoms with Crippen LogP contribution >= 0.6 is 0 Å². The molecule has 0 spiro atoms. The van der Waals surface area contributed by atoms with Gasteiger partial charge in [0.05, 0.1) is 26.9 Å². The number of ketones is 2. The second kappa shape index (κ2) is 5.47. The monoisotopic (exact) mass is 292 g/mol. The van der Waals surface area contributed by atoms with Gasteiger partial charge in [0.1, 0.15) is 5.76 Å². The van der Waals surface area contributed by atoms with Crippen molar-refractivity contribution in [2.24, 2.45) is 0 Å². The SMILES string of the molecule is CCC1=C(O)c2c(cc(OC)c(OC)c2OC)C(=O)C1=O. The molecule has 0 saturated heterocycles. The maximum Gasteiger partial charge on any atom is 0.234 e. The molecule has 1 N–H and O–H groups in total. The Kier molecular flexibility index (Phi) is 3.88. The van der Waals surface area contributed by atoms with Crippen molar-refractivity contribution in [1.29, 1.82) is 0 Å². The predicted octanol–water partition coefficient (Wildman–Crippen LogP) is 2.16. The highest BCUT2D eigenvalue weighted by molar-refractivity contribution is 6.52. The Morgan fingerprint density at radius 2 is 1.62 bits per heavy atom. The Labute approximate surface area is 121 Å². The van der Waals surface area contributed by atoms with Gasteiger partial charge < -0.3 is 19.3 Å². The summed E-state index contributed by atoms with van der Waals surface area (Å²) < 4.78 is 15.6. The molecule has 0 radical (unpaired) electrons. The van der Waals surface area contributed by atoms with Gasteiger partial charge >= 0.3 is 0 Å². The largest absolute Gasteiger partial charge is 0.507 e. The van der Waals surface area contributed by atoms with Crippen LogP contribution in [0.3, 0.4) is 0 Å². The maximum atomic E-state index is 12.2. The van der Waals surface area contributed by atoms with Gasteiger partial charge in [-0.15, -0.1) is 0 Å². The lowest BCUT2D eigenvalue weighted by Gasteiger charge is -2.22. The van der Waals surface area contributed by atoms with Crippen LogP contribution in [0, 0.1) is 0 Å². The number of carbonyl (C=O) groups excluding carboxylic acids is 2. The third-order valence-corrected chi connectivity index (χ3v) is 3.43. The average Bonchev–Trinajstić information content (AvgIpc) is 2.50. The summed E-state index contributed by atoms with van der Waals surface area (Å²) in [6, 6.07) is 1.37. The molecular formula is C15H16O6. The van der Waals surface area contributed by atoms with E-state index in [0.717, 1.165) is 0 Å². The molecule has 0 fully saturated rings. The summed E-state index contributed by atoms with van der Waals surface area (Å²) in [6.45, 7) is 1.69. The number of hydrogen-bond acceptors (Lipinski definition) is 6. The minimum Gasteiger partial charge on any atom is -0.507 e. The van der Waals surface area contributed by atoms with Crippen molar-refractivity contribution in [1.82, 2.24) is 0 Å². The maximum absolute atomic E-state index is 12.2. The molecule has 0 aliphatic heterocycles. The van der Waals surface area contributed by atoms with Crippen LogP contribution in [0.2, 0.25) is 0 Å². The van der Waals surface area contributed by atoms with Crippen LogP contribution in [0.5, 0.6) is 17.2 Å². The molecule has 0 unspecified atom stereocenters. The van der Waals surface area contributed by atoms with Gasteiger partial charge in [0.25, 0.3) is 0 Å². The van der Waals surface area contributed by atoms with E-state index >= 15 is 0 Å². The highest BCUT2D eigenvalue weighted by atomic mass is 16.5. The number of methoxy groups -OCH3 is 3. The Balaban J connectivity index is 2.90. The first-order chi connectivity index (χ1) is 10.0. The summed E-state index contributed by atoms with van der Waals surface area (Å²) in [5, 5.41) is 10.3. The fraction of sp³-hybridized carbons (Fsp3) is 0.333. The van der Waals surface area contributed by atoms with Crippen molar-refractivity contribution in [3.63, 3.8) is 0 Å². The van der Waals surface area contributed by atoms with Gasteiger partial charge in [-0.1, -0.05) is 6.92 Å². The fourth-order valence-corrected chi connectivity index (χ4v) is 2.42. The van der Waals surface area contributed by atoms with E-state index in [1.165, 1.54) is 27.4 Å². The van der Waals surface area contributed by atoms with Crippen LogP contribution in [0.1, 0.15) is 29.3 Å². The molecule has 21 heavy (non-hydrogen) atoms. The van der Waals surface area contributed by atoms with Crippen molar-refractivity contribution >= 4 is 17.3 Å². The first kappa shape index (κ1) is 14.9. The Morgan fingerprint density at radius 3 is 2.10 bits per heavy atom. The molecule has 6 nitrogen and oxygen atoms in total. The number of aliphatic hydroxyl groups is 1. The lowest BCUT2D eigenvalue weighted by atomic mass is 9.86. The topological polar surface area (TPSA) is 82.1 Å². The molecule has 1 aromatic rings. The van der Waals surface area contributed by atoms with Crippen LogP contribution in [0.15, 0.2) is 11.6 Å². The molecule has 6 heteroatoms. The van der Waals surface area contributed by atoms with E-state index in [0.29, 0.717) is 0 Å². The summed E-state index contributed by atoms with van der Waals surface area (Å²) in [5.74, 6) is -0.994. The molecule has 0 saturated carbocycles. The highest BCUT2D eigenvalue weighted by Gasteiger charge is 2.36. The number of Topliss-reactive ketones (excluding diaryl/α,β-unsaturated/α-hetero) is 2. The highest BCUT2D eigenvalue weighted by Crippen LogP contribution is 2.46. The van der Waals surface area contributed by atoms with Crippen LogP contribution < -0.4 is 14.2 Å². The Hall–Kier alpha value is -2.50. The van der Waals surface area contributed by atoms with Crippen molar-refractivity contribution in [2.75, 3.05) is 21.3 Å². The van der Waals surface area contributed by atoms with E-state index in [-0.39, 0.29) is 46.1 Å². The Morgan fingerprint density at radius 1 is 1.00 bits per heavy atom. The standard InChI is InChI=1S/C15H16O6/c1-5-7-11(16)10-8(13(18)12(7)17)6-9(19-2)14(20-3)15(10)21-4/h6,16H,5H2,1-4H3. The number of hydrogen-bond donors (Lipinski definition) is 1. The number of allylic oxidation sites excluding steroid dienone is 1. The number of rotatable bonds is 4. The van der Waals surface area contributed by atoms with Crippen molar-refractivity contribution in [3.8, 4) is 17.2 Å². The number of benzene rings is 1. The molecule has 112 valence electrons. The van der Waals surface area contributed by atoms with Gasteiger partial charge in [-0.25, -0.2) is 0 Å². The number of aliphatic hydroxyl groups excluding tert-OH is 1. The van der Waals surface area contributed by atoms with E-state index in [2.05, 4.69) is 0 Å². The zero-order valence-electron chi connectivity index (χ0n) is 12.3. The van der Waals surface area contributed by atoms with E-state index in [9.17, 15) is 14.7 Å². The first-order valence-corrected chi connectivity index (χ1v) is 6.36. The first-order valence-electron chi connectivity index (χ1n) is 6.36. The van der Waals surface area contributed by atoms with E-state index < -0.39 is 11.6 Å². The van der Waals surface area contributed by atoms with Crippen LogP contribution in [0.25, 0.3) is 5.76 Å². The molecule has 1 aliphatic carbocycles. The summed E-state index contributed by atoms with van der Waals surface area (Å²) in [6.07, 6.45) is 0.243. The molecule has 0 atom stereocenters. The predicted molar refractivity (Wildman–Crippen MR) is 75.3 cm³/mol. The fourth-order valence-electron chi connectivity index (χ4n) is 2.42. The molecule has 0 aromatic heterocycles. The van der Waals surface area contributed by atoms with E-state index in [1.54, 1.807) is 6.92 Å². The van der Waals surface area contributed by atoms with Crippen LogP contribution in [-0.2, 0) is 4.79 Å². The Bertz CT molecular complexity index is 657. The number of carbonyl (C=O) groups is 2. The van der Waals surface area contributed by atoms with Gasteiger partial charge in [-0.05, 0) is 12.5 Å². The van der Waals surface area contributed by atoms with E-state index in [1.807, 2.05) is 0 Å². The van der Waals surface area contributed by atoms with Crippen LogP contribution in [-0.4, -0.2) is 38.0 Å². The molecule has 0 bridgehead atoms. The second-order valence-corrected chi connectivity index (χ2v) is 4.41.